The fraction of sp³-hybridized carbons (Fsp3) is 0.222. The van der Waals surface area contributed by atoms with Crippen molar-refractivity contribution in [3.8, 4) is 5.88 Å². The van der Waals surface area contributed by atoms with Crippen molar-refractivity contribution in [2.24, 2.45) is 10.2 Å². The Morgan fingerprint density at radius 1 is 1.08 bits per heavy atom. The van der Waals surface area contributed by atoms with Crippen molar-refractivity contribution in [1.82, 2.24) is 4.57 Å². The summed E-state index contributed by atoms with van der Waals surface area (Å²) in [4.78, 5) is 0. The minimum Gasteiger partial charge on any atom is -0.493 e. The molecular weight excluding hydrogens is 377 g/mol. The van der Waals surface area contributed by atoms with Gasteiger partial charge in [0.25, 0.3) is 0 Å². The maximum Gasteiger partial charge on any atom is 0.221 e. The molecule has 4 rings (SSSR count). The summed E-state index contributed by atoms with van der Waals surface area (Å²) in [7, 11) is 0. The van der Waals surface area contributed by atoms with Crippen molar-refractivity contribution in [2.45, 2.75) is 13.0 Å². The third kappa shape index (κ3) is 3.12. The summed E-state index contributed by atoms with van der Waals surface area (Å²) in [6.07, 6.45) is 0. The zero-order chi connectivity index (χ0) is 17.6. The number of hydrogen-bond donors (Lipinski definition) is 1. The molecule has 1 fully saturated rings. The molecule has 128 valence electrons. The van der Waals surface area contributed by atoms with Gasteiger partial charge in [0.15, 0.2) is 5.69 Å². The highest BCUT2D eigenvalue weighted by atomic mass is 35.5. The quantitative estimate of drug-likeness (QED) is 0.507. The van der Waals surface area contributed by atoms with Crippen molar-refractivity contribution in [1.29, 1.82) is 0 Å². The van der Waals surface area contributed by atoms with E-state index in [1.54, 1.807) is 18.2 Å². The summed E-state index contributed by atoms with van der Waals surface area (Å²) in [6.45, 7) is 2.02. The number of halogens is 2. The van der Waals surface area contributed by atoms with Gasteiger partial charge in [0, 0.05) is 26.9 Å². The molecule has 0 aliphatic carbocycles. The third-order valence-electron chi connectivity index (χ3n) is 4.21. The summed E-state index contributed by atoms with van der Waals surface area (Å²) in [5.41, 5.74) is 3.11. The maximum atomic E-state index is 10.8. The highest BCUT2D eigenvalue weighted by Gasteiger charge is 2.27. The molecule has 1 aromatic heterocycles. The van der Waals surface area contributed by atoms with Crippen molar-refractivity contribution < 1.29 is 5.11 Å². The minimum atomic E-state index is 0.155. The number of aromatic hydroxyl groups is 1. The molecule has 7 heteroatoms. The Kier molecular flexibility index (Phi) is 4.40. The molecule has 0 saturated carbocycles. The van der Waals surface area contributed by atoms with Crippen LogP contribution in [0.3, 0.4) is 0 Å². The monoisotopic (exact) mass is 391 g/mol. The zero-order valence-corrected chi connectivity index (χ0v) is 15.7. The first kappa shape index (κ1) is 16.8. The normalized spacial score (nSPS) is 15.2. The van der Waals surface area contributed by atoms with E-state index in [2.05, 4.69) is 10.2 Å². The van der Waals surface area contributed by atoms with Gasteiger partial charge in [0.1, 0.15) is 0 Å². The summed E-state index contributed by atoms with van der Waals surface area (Å²) in [6, 6.07) is 11.4. The van der Waals surface area contributed by atoms with Gasteiger partial charge in [-0.1, -0.05) is 34.8 Å². The second-order valence-corrected chi connectivity index (χ2v) is 8.03. The summed E-state index contributed by atoms with van der Waals surface area (Å²) < 4.78 is 1.96. The van der Waals surface area contributed by atoms with Crippen LogP contribution in [0.5, 0.6) is 5.88 Å². The Bertz CT molecular complexity index is 975. The van der Waals surface area contributed by atoms with Gasteiger partial charge in [-0.2, -0.15) is 16.9 Å². The summed E-state index contributed by atoms with van der Waals surface area (Å²) in [5.74, 6) is 2.14. The van der Waals surface area contributed by atoms with E-state index in [1.165, 1.54) is 0 Å². The molecule has 2 heterocycles. The third-order valence-corrected chi connectivity index (χ3v) is 5.88. The molecule has 1 aliphatic heterocycles. The Morgan fingerprint density at radius 3 is 2.44 bits per heavy atom. The Balaban J connectivity index is 1.84. The van der Waals surface area contributed by atoms with Gasteiger partial charge in [-0.3, -0.25) is 0 Å². The van der Waals surface area contributed by atoms with Crippen LogP contribution in [-0.2, 0) is 0 Å². The zero-order valence-electron chi connectivity index (χ0n) is 13.4. The lowest BCUT2D eigenvalue weighted by Gasteiger charge is -2.27. The van der Waals surface area contributed by atoms with Crippen LogP contribution >= 0.6 is 35.0 Å². The van der Waals surface area contributed by atoms with Crippen molar-refractivity contribution in [3.05, 3.63) is 52.0 Å². The first-order valence-corrected chi connectivity index (χ1v) is 9.73. The fourth-order valence-electron chi connectivity index (χ4n) is 2.94. The Hall–Kier alpha value is -1.69. The van der Waals surface area contributed by atoms with Gasteiger partial charge >= 0.3 is 0 Å². The molecule has 1 N–H and O–H groups in total. The van der Waals surface area contributed by atoms with Crippen molar-refractivity contribution in [3.63, 3.8) is 0 Å². The highest BCUT2D eigenvalue weighted by Crippen LogP contribution is 2.45. The van der Waals surface area contributed by atoms with E-state index in [4.69, 9.17) is 23.2 Å². The van der Waals surface area contributed by atoms with Gasteiger partial charge in [-0.25, -0.2) is 0 Å². The first-order chi connectivity index (χ1) is 12.0. The molecule has 2 aromatic carbocycles. The van der Waals surface area contributed by atoms with Gasteiger partial charge in [-0.15, -0.1) is 5.11 Å². The molecule has 0 amide bonds. The largest absolute Gasteiger partial charge is 0.493 e. The molecule has 1 saturated heterocycles. The average Bonchev–Trinajstić information content (AvgIpc) is 2.75. The SMILES string of the molecule is Cc1ccc2c(c1)c(N=Nc1cc(Cl)cc(Cl)c1)c(O)n2C1CSC1. The molecule has 0 bridgehead atoms. The number of aromatic nitrogens is 1. The van der Waals surface area contributed by atoms with Crippen LogP contribution in [-0.4, -0.2) is 21.2 Å². The number of fused-ring (bicyclic) bond motifs is 1. The standard InChI is InChI=1S/C18H15Cl2N3OS/c1-10-2-3-16-15(4-10)17(18(24)23(16)14-8-25-9-14)22-21-13-6-11(19)5-12(20)7-13/h2-7,14,24H,8-9H2,1H3. The predicted octanol–water partition coefficient (Wildman–Crippen LogP) is 6.67. The van der Waals surface area contributed by atoms with Gasteiger partial charge < -0.3 is 9.67 Å². The van der Waals surface area contributed by atoms with E-state index in [9.17, 15) is 5.11 Å². The van der Waals surface area contributed by atoms with E-state index in [1.807, 2.05) is 41.5 Å². The number of hydrogen-bond acceptors (Lipinski definition) is 4. The summed E-state index contributed by atoms with van der Waals surface area (Å²) >= 11 is 13.9. The molecule has 0 spiro atoms. The van der Waals surface area contributed by atoms with Crippen LogP contribution in [0.1, 0.15) is 11.6 Å². The molecule has 25 heavy (non-hydrogen) atoms. The van der Waals surface area contributed by atoms with Gasteiger partial charge in [0.05, 0.1) is 17.2 Å². The maximum absolute atomic E-state index is 10.8. The average molecular weight is 392 g/mol. The van der Waals surface area contributed by atoms with Crippen LogP contribution in [0.4, 0.5) is 11.4 Å². The van der Waals surface area contributed by atoms with E-state index >= 15 is 0 Å². The van der Waals surface area contributed by atoms with Gasteiger partial charge in [0.2, 0.25) is 5.88 Å². The number of aryl methyl sites for hydroxylation is 1. The van der Waals surface area contributed by atoms with E-state index in [0.717, 1.165) is 28.0 Å². The van der Waals surface area contributed by atoms with Gasteiger partial charge in [-0.05, 0) is 37.3 Å². The summed E-state index contributed by atoms with van der Waals surface area (Å²) in [5, 5.41) is 21.2. The molecule has 0 unspecified atom stereocenters. The molecule has 0 radical (unpaired) electrons. The smallest absolute Gasteiger partial charge is 0.221 e. The lowest BCUT2D eigenvalue weighted by Crippen LogP contribution is -2.22. The number of thioether (sulfide) groups is 1. The topological polar surface area (TPSA) is 49.9 Å². The molecule has 0 atom stereocenters. The number of azo groups is 1. The lowest BCUT2D eigenvalue weighted by molar-refractivity contribution is 0.406. The first-order valence-electron chi connectivity index (χ1n) is 7.82. The van der Waals surface area contributed by atoms with E-state index < -0.39 is 0 Å². The van der Waals surface area contributed by atoms with E-state index in [0.29, 0.717) is 27.5 Å². The number of benzene rings is 2. The van der Waals surface area contributed by atoms with Crippen molar-refractivity contribution >= 4 is 57.2 Å². The molecule has 3 aromatic rings. The fourth-order valence-corrected chi connectivity index (χ4v) is 4.20. The predicted molar refractivity (Wildman–Crippen MR) is 105 cm³/mol. The Morgan fingerprint density at radius 2 is 1.80 bits per heavy atom. The molecular formula is C18H15Cl2N3OS. The van der Waals surface area contributed by atoms with Crippen LogP contribution in [0, 0.1) is 6.92 Å². The minimum absolute atomic E-state index is 0.155. The number of rotatable bonds is 3. The van der Waals surface area contributed by atoms with Crippen LogP contribution in [0.15, 0.2) is 46.6 Å². The van der Waals surface area contributed by atoms with E-state index in [-0.39, 0.29) is 5.88 Å². The van der Waals surface area contributed by atoms with Crippen LogP contribution < -0.4 is 0 Å². The highest BCUT2D eigenvalue weighted by molar-refractivity contribution is 8.00. The van der Waals surface area contributed by atoms with Crippen molar-refractivity contribution in [2.75, 3.05) is 11.5 Å². The lowest BCUT2D eigenvalue weighted by atomic mass is 10.1. The number of nitrogens with zero attached hydrogens (tertiary/aromatic N) is 3. The molecule has 4 nitrogen and oxygen atoms in total. The van der Waals surface area contributed by atoms with Crippen LogP contribution in [0.2, 0.25) is 10.0 Å². The molecule has 1 aliphatic rings. The second-order valence-electron chi connectivity index (χ2n) is 6.08. The Labute approximate surface area is 159 Å². The van der Waals surface area contributed by atoms with Crippen LogP contribution in [0.25, 0.3) is 10.9 Å². The second kappa shape index (κ2) is 6.56.